The van der Waals surface area contributed by atoms with Crippen molar-refractivity contribution in [2.45, 2.75) is 39.0 Å². The molecule has 0 bridgehead atoms. The Labute approximate surface area is 159 Å². The second-order valence-electron chi connectivity index (χ2n) is 6.97. The minimum atomic E-state index is -0.250. The van der Waals surface area contributed by atoms with Crippen LogP contribution in [0.5, 0.6) is 0 Å². The Morgan fingerprint density at radius 2 is 2.00 bits per heavy atom. The standard InChI is InChI=1S/C20H24N4.CH2O2/c1-14-9-20(21-8-4-5-15-12-22-24(2)13-15)23-19-11-17-7-3-6-16(17)10-18(14)19;2-1-3/h9-13H,3-8H2,1-2H3,(H,21,23);1H,(H,2,3). The summed E-state index contributed by atoms with van der Waals surface area (Å²) in [7, 11) is 1.96. The summed E-state index contributed by atoms with van der Waals surface area (Å²) in [6.45, 7) is 2.87. The summed E-state index contributed by atoms with van der Waals surface area (Å²) in [4.78, 5) is 13.2. The van der Waals surface area contributed by atoms with E-state index in [0.29, 0.717) is 0 Å². The molecule has 2 N–H and O–H groups in total. The van der Waals surface area contributed by atoms with Gasteiger partial charge in [0.1, 0.15) is 5.82 Å². The van der Waals surface area contributed by atoms with Crippen LogP contribution >= 0.6 is 0 Å². The number of carbonyl (C=O) groups is 1. The summed E-state index contributed by atoms with van der Waals surface area (Å²) in [5.74, 6) is 0.990. The fraction of sp³-hybridized carbons (Fsp3) is 0.381. The maximum Gasteiger partial charge on any atom is 0.290 e. The first kappa shape index (κ1) is 18.9. The van der Waals surface area contributed by atoms with E-state index >= 15 is 0 Å². The summed E-state index contributed by atoms with van der Waals surface area (Å²) in [5.41, 5.74) is 6.74. The monoisotopic (exact) mass is 366 g/mol. The number of nitrogens with one attached hydrogen (secondary N) is 1. The molecule has 0 spiro atoms. The molecule has 27 heavy (non-hydrogen) atoms. The highest BCUT2D eigenvalue weighted by Gasteiger charge is 2.13. The summed E-state index contributed by atoms with van der Waals surface area (Å²) >= 11 is 0. The van der Waals surface area contributed by atoms with Crippen LogP contribution in [0.15, 0.2) is 30.6 Å². The van der Waals surface area contributed by atoms with Crippen molar-refractivity contribution >= 4 is 23.2 Å². The van der Waals surface area contributed by atoms with E-state index in [-0.39, 0.29) is 6.47 Å². The number of benzene rings is 1. The average molecular weight is 366 g/mol. The molecular weight excluding hydrogens is 340 g/mol. The van der Waals surface area contributed by atoms with Crippen LogP contribution in [0, 0.1) is 6.92 Å². The van der Waals surface area contributed by atoms with Crippen LogP contribution in [0.1, 0.15) is 35.1 Å². The van der Waals surface area contributed by atoms with Crippen molar-refractivity contribution in [2.75, 3.05) is 11.9 Å². The second kappa shape index (κ2) is 8.66. The first-order chi connectivity index (χ1) is 13.1. The van der Waals surface area contributed by atoms with E-state index < -0.39 is 0 Å². The van der Waals surface area contributed by atoms with Gasteiger partial charge in [-0.2, -0.15) is 5.10 Å². The predicted molar refractivity (Wildman–Crippen MR) is 107 cm³/mol. The molecule has 0 radical (unpaired) electrons. The zero-order chi connectivity index (χ0) is 19.2. The van der Waals surface area contributed by atoms with E-state index in [9.17, 15) is 0 Å². The van der Waals surface area contributed by atoms with Crippen LogP contribution in [0.4, 0.5) is 5.82 Å². The van der Waals surface area contributed by atoms with Gasteiger partial charge in [-0.25, -0.2) is 4.98 Å². The van der Waals surface area contributed by atoms with Crippen LogP contribution in [0.2, 0.25) is 0 Å². The van der Waals surface area contributed by atoms with E-state index in [1.807, 2.05) is 17.9 Å². The molecule has 0 aliphatic heterocycles. The molecule has 2 aromatic heterocycles. The highest BCUT2D eigenvalue weighted by molar-refractivity contribution is 5.85. The van der Waals surface area contributed by atoms with Gasteiger partial charge >= 0.3 is 0 Å². The molecule has 3 aromatic rings. The Hall–Kier alpha value is -2.89. The zero-order valence-electron chi connectivity index (χ0n) is 15.9. The number of fused-ring (bicyclic) bond motifs is 2. The van der Waals surface area contributed by atoms with Crippen molar-refractivity contribution in [2.24, 2.45) is 7.05 Å². The van der Waals surface area contributed by atoms with Crippen molar-refractivity contribution in [3.05, 3.63) is 52.8 Å². The molecule has 1 aromatic carbocycles. The average Bonchev–Trinajstić information content (AvgIpc) is 3.26. The van der Waals surface area contributed by atoms with Crippen molar-refractivity contribution < 1.29 is 9.90 Å². The van der Waals surface area contributed by atoms with E-state index in [1.54, 1.807) is 0 Å². The van der Waals surface area contributed by atoms with Crippen LogP contribution in [-0.2, 0) is 31.1 Å². The van der Waals surface area contributed by atoms with E-state index in [2.05, 4.69) is 41.7 Å². The first-order valence-electron chi connectivity index (χ1n) is 9.33. The van der Waals surface area contributed by atoms with Gasteiger partial charge in [-0.15, -0.1) is 0 Å². The quantitative estimate of drug-likeness (QED) is 0.533. The van der Waals surface area contributed by atoms with Gasteiger partial charge in [-0.05, 0) is 79.5 Å². The molecule has 142 valence electrons. The zero-order valence-corrected chi connectivity index (χ0v) is 15.9. The fourth-order valence-electron chi connectivity index (χ4n) is 3.66. The third-order valence-electron chi connectivity index (χ3n) is 4.94. The molecule has 0 amide bonds. The molecule has 6 nitrogen and oxygen atoms in total. The molecule has 1 aliphatic rings. The Kier molecular flexibility index (Phi) is 6.06. The molecule has 6 heteroatoms. The normalized spacial score (nSPS) is 12.4. The predicted octanol–water partition coefficient (Wildman–Crippen LogP) is 3.51. The van der Waals surface area contributed by atoms with Crippen LogP contribution in [0.3, 0.4) is 0 Å². The van der Waals surface area contributed by atoms with Gasteiger partial charge in [-0.1, -0.05) is 0 Å². The number of carboxylic acid groups (broad SMARTS) is 1. The van der Waals surface area contributed by atoms with Crippen molar-refractivity contribution in [1.29, 1.82) is 0 Å². The van der Waals surface area contributed by atoms with Gasteiger partial charge in [-0.3, -0.25) is 9.48 Å². The third kappa shape index (κ3) is 4.64. The molecular formula is C21H26N4O2. The van der Waals surface area contributed by atoms with Gasteiger partial charge in [0.05, 0.1) is 11.7 Å². The smallest absolute Gasteiger partial charge is 0.290 e. The Balaban J connectivity index is 0.000000659. The molecule has 0 fully saturated rings. The highest BCUT2D eigenvalue weighted by atomic mass is 16.3. The lowest BCUT2D eigenvalue weighted by molar-refractivity contribution is -0.122. The number of aryl methyl sites for hydroxylation is 5. The molecule has 4 rings (SSSR count). The number of rotatable bonds is 5. The van der Waals surface area contributed by atoms with Gasteiger partial charge in [0.2, 0.25) is 0 Å². The minimum absolute atomic E-state index is 0.250. The second-order valence-corrected chi connectivity index (χ2v) is 6.97. The van der Waals surface area contributed by atoms with E-state index in [4.69, 9.17) is 14.9 Å². The topological polar surface area (TPSA) is 80.0 Å². The SMILES string of the molecule is Cc1cc(NCCCc2cnn(C)c2)nc2cc3c(cc12)CCC3.O=CO. The number of pyridine rings is 1. The summed E-state index contributed by atoms with van der Waals surface area (Å²) in [6, 6.07) is 6.82. The lowest BCUT2D eigenvalue weighted by Crippen LogP contribution is -2.05. The van der Waals surface area contributed by atoms with E-state index in [1.165, 1.54) is 46.9 Å². The number of hydrogen-bond acceptors (Lipinski definition) is 4. The molecule has 0 atom stereocenters. The molecule has 0 saturated carbocycles. The Bertz CT molecular complexity index is 933. The summed E-state index contributed by atoms with van der Waals surface area (Å²) < 4.78 is 1.86. The highest BCUT2D eigenvalue weighted by Crippen LogP contribution is 2.29. The first-order valence-corrected chi connectivity index (χ1v) is 9.33. The third-order valence-corrected chi connectivity index (χ3v) is 4.94. The van der Waals surface area contributed by atoms with Crippen molar-refractivity contribution in [1.82, 2.24) is 14.8 Å². The van der Waals surface area contributed by atoms with Crippen molar-refractivity contribution in [3.8, 4) is 0 Å². The van der Waals surface area contributed by atoms with Gasteiger partial charge < -0.3 is 10.4 Å². The largest absolute Gasteiger partial charge is 0.483 e. The number of anilines is 1. The summed E-state index contributed by atoms with van der Waals surface area (Å²) in [6.07, 6.45) is 9.85. The maximum absolute atomic E-state index is 8.36. The van der Waals surface area contributed by atoms with Crippen LogP contribution in [-0.4, -0.2) is 32.9 Å². The Morgan fingerprint density at radius 3 is 2.70 bits per heavy atom. The lowest BCUT2D eigenvalue weighted by Gasteiger charge is -2.10. The van der Waals surface area contributed by atoms with Gasteiger partial charge in [0.25, 0.3) is 6.47 Å². The lowest BCUT2D eigenvalue weighted by atomic mass is 10.0. The fourth-order valence-corrected chi connectivity index (χ4v) is 3.66. The molecule has 1 aliphatic carbocycles. The molecule has 0 unspecified atom stereocenters. The van der Waals surface area contributed by atoms with Gasteiger partial charge in [0, 0.05) is 25.2 Å². The Morgan fingerprint density at radius 1 is 1.26 bits per heavy atom. The van der Waals surface area contributed by atoms with Gasteiger partial charge in [0.15, 0.2) is 0 Å². The van der Waals surface area contributed by atoms with Crippen LogP contribution < -0.4 is 5.32 Å². The number of nitrogens with zero attached hydrogens (tertiary/aromatic N) is 3. The summed E-state index contributed by atoms with van der Waals surface area (Å²) in [5, 5.41) is 15.9. The molecule has 0 saturated heterocycles. The number of aromatic nitrogens is 3. The van der Waals surface area contributed by atoms with Crippen molar-refractivity contribution in [3.63, 3.8) is 0 Å². The maximum atomic E-state index is 8.36. The van der Waals surface area contributed by atoms with Crippen LogP contribution in [0.25, 0.3) is 10.9 Å². The molecule has 2 heterocycles. The van der Waals surface area contributed by atoms with E-state index in [0.717, 1.165) is 30.7 Å². The number of hydrogen-bond donors (Lipinski definition) is 2. The minimum Gasteiger partial charge on any atom is -0.483 e.